The second kappa shape index (κ2) is 16.9. The molecule has 17 heteroatoms. The number of aliphatic carboxylic acids is 2. The molecule has 0 unspecified atom stereocenters. The smallest absolute Gasteiger partial charge is 0.475 e. The van der Waals surface area contributed by atoms with Gasteiger partial charge in [0.15, 0.2) is 0 Å². The molecule has 1 aliphatic rings. The molecule has 47 heavy (non-hydrogen) atoms. The Balaban J connectivity index is 0.000000459. The Bertz CT molecular complexity index is 1530. The van der Waals surface area contributed by atoms with Crippen LogP contribution in [0.1, 0.15) is 34.3 Å². The monoisotopic (exact) mass is 671 g/mol. The molecule has 1 saturated heterocycles. The van der Waals surface area contributed by atoms with Gasteiger partial charge in [0.2, 0.25) is 0 Å². The summed E-state index contributed by atoms with van der Waals surface area (Å²) in [5, 5.41) is 26.2. The summed E-state index contributed by atoms with van der Waals surface area (Å²) in [5.41, 5.74) is 2.90. The normalized spacial score (nSPS) is 13.5. The third kappa shape index (κ3) is 13.0. The molecule has 1 fully saturated rings. The average Bonchev–Trinajstić information content (AvgIpc) is 3.01. The molecule has 3 aromatic rings. The molecule has 0 bridgehead atoms. The van der Waals surface area contributed by atoms with Gasteiger partial charge >= 0.3 is 24.3 Å². The number of carbonyl (C=O) groups excluding carboxylic acids is 1. The number of carboxylic acid groups (broad SMARTS) is 2. The van der Waals surface area contributed by atoms with Crippen LogP contribution in [0.2, 0.25) is 0 Å². The summed E-state index contributed by atoms with van der Waals surface area (Å²) in [6.45, 7) is 2.77. The molecule has 4 rings (SSSR count). The maximum atomic E-state index is 13.1. The van der Waals surface area contributed by atoms with Crippen LogP contribution in [0.3, 0.4) is 0 Å². The van der Waals surface area contributed by atoms with Crippen molar-refractivity contribution >= 4 is 29.4 Å². The minimum Gasteiger partial charge on any atom is -0.475 e. The molecule has 0 atom stereocenters. The van der Waals surface area contributed by atoms with Gasteiger partial charge in [0, 0.05) is 56.2 Å². The van der Waals surface area contributed by atoms with E-state index in [1.165, 1.54) is 24.3 Å². The zero-order valence-corrected chi connectivity index (χ0v) is 24.5. The Labute approximate surface area is 263 Å². The van der Waals surface area contributed by atoms with Crippen LogP contribution in [0.15, 0.2) is 66.9 Å². The first-order valence-corrected chi connectivity index (χ1v) is 13.5. The van der Waals surface area contributed by atoms with Crippen LogP contribution in [0.5, 0.6) is 0 Å². The van der Waals surface area contributed by atoms with Gasteiger partial charge in [0.25, 0.3) is 5.91 Å². The lowest BCUT2D eigenvalue weighted by Crippen LogP contribution is -2.43. The maximum Gasteiger partial charge on any atom is 0.490 e. The molecule has 252 valence electrons. The summed E-state index contributed by atoms with van der Waals surface area (Å²) in [4.78, 5) is 39.3. The molecule has 2 aromatic carbocycles. The Hall–Kier alpha value is -5.24. The van der Waals surface area contributed by atoms with Gasteiger partial charge < -0.3 is 20.4 Å². The number of hydrogen-bond acceptors (Lipinski definition) is 7. The Morgan fingerprint density at radius 2 is 1.51 bits per heavy atom. The number of alkyl halides is 6. The standard InChI is InChI=1S/C26H26FN5O.2C2HF3O2/c1-31(24-10-13-32(14-11-24)18-20-4-2-3-19(15-20)17-28)25-16-23(9-12-29-25)30-26(33)21-5-7-22(27)8-6-21;2*3-2(4,5)1(6)7/h2-9,12,15-16,24H,10-11,13-14,18H2,1H3,(H,29,30,33);2*(H,6,7). The first kappa shape index (κ1) is 37.9. The number of hydrogen-bond donors (Lipinski definition) is 3. The summed E-state index contributed by atoms with van der Waals surface area (Å²) in [7, 11) is 2.03. The number of carboxylic acids is 2. The fourth-order valence-corrected chi connectivity index (χ4v) is 4.14. The van der Waals surface area contributed by atoms with E-state index in [9.17, 15) is 35.5 Å². The first-order valence-electron chi connectivity index (χ1n) is 13.5. The van der Waals surface area contributed by atoms with Crippen molar-refractivity contribution in [2.45, 2.75) is 37.8 Å². The summed E-state index contributed by atoms with van der Waals surface area (Å²) in [5.74, 6) is -5.38. The van der Waals surface area contributed by atoms with Crippen molar-refractivity contribution in [1.29, 1.82) is 5.26 Å². The van der Waals surface area contributed by atoms with Gasteiger partial charge in [-0.15, -0.1) is 0 Å². The van der Waals surface area contributed by atoms with Crippen molar-refractivity contribution < 1.29 is 55.3 Å². The number of nitriles is 1. The highest BCUT2D eigenvalue weighted by molar-refractivity contribution is 6.04. The first-order chi connectivity index (χ1) is 21.9. The van der Waals surface area contributed by atoms with Crippen LogP contribution in [0.25, 0.3) is 0 Å². The predicted molar refractivity (Wildman–Crippen MR) is 154 cm³/mol. The van der Waals surface area contributed by atoms with E-state index in [-0.39, 0.29) is 11.7 Å². The second-order valence-electron chi connectivity index (χ2n) is 9.90. The van der Waals surface area contributed by atoms with Crippen LogP contribution < -0.4 is 10.2 Å². The van der Waals surface area contributed by atoms with Crippen LogP contribution in [0, 0.1) is 17.1 Å². The summed E-state index contributed by atoms with van der Waals surface area (Å²) < 4.78 is 76.6. The molecular formula is C30H28F7N5O5. The van der Waals surface area contributed by atoms with E-state index in [1.54, 1.807) is 12.3 Å². The third-order valence-corrected chi connectivity index (χ3v) is 6.52. The van der Waals surface area contributed by atoms with Gasteiger partial charge in [0.05, 0.1) is 11.6 Å². The molecule has 1 aliphatic heterocycles. The lowest BCUT2D eigenvalue weighted by atomic mass is 10.0. The van der Waals surface area contributed by atoms with Gasteiger partial charge in [-0.1, -0.05) is 12.1 Å². The lowest BCUT2D eigenvalue weighted by molar-refractivity contribution is -0.193. The highest BCUT2D eigenvalue weighted by atomic mass is 19.4. The summed E-state index contributed by atoms with van der Waals surface area (Å²) >= 11 is 0. The molecule has 0 radical (unpaired) electrons. The van der Waals surface area contributed by atoms with Crippen molar-refractivity contribution in [1.82, 2.24) is 9.88 Å². The minimum atomic E-state index is -5.08. The zero-order valence-electron chi connectivity index (χ0n) is 24.5. The van der Waals surface area contributed by atoms with Gasteiger partial charge in [-0.2, -0.15) is 31.6 Å². The third-order valence-electron chi connectivity index (χ3n) is 6.52. The van der Waals surface area contributed by atoms with E-state index in [0.29, 0.717) is 22.9 Å². The Morgan fingerprint density at radius 1 is 0.957 bits per heavy atom. The van der Waals surface area contributed by atoms with E-state index in [0.717, 1.165) is 43.9 Å². The van der Waals surface area contributed by atoms with Crippen LogP contribution in [-0.4, -0.2) is 76.5 Å². The number of pyridine rings is 1. The van der Waals surface area contributed by atoms with Crippen molar-refractivity contribution in [3.05, 3.63) is 89.4 Å². The van der Waals surface area contributed by atoms with Crippen molar-refractivity contribution in [3.63, 3.8) is 0 Å². The average molecular weight is 672 g/mol. The largest absolute Gasteiger partial charge is 0.490 e. The van der Waals surface area contributed by atoms with Crippen LogP contribution in [0.4, 0.5) is 42.2 Å². The van der Waals surface area contributed by atoms with Gasteiger partial charge in [0.1, 0.15) is 11.6 Å². The van der Waals surface area contributed by atoms with Crippen LogP contribution in [-0.2, 0) is 16.1 Å². The molecule has 0 aliphatic carbocycles. The molecular weight excluding hydrogens is 643 g/mol. The number of amides is 1. The predicted octanol–water partition coefficient (Wildman–Crippen LogP) is 5.71. The number of benzene rings is 2. The lowest BCUT2D eigenvalue weighted by Gasteiger charge is -2.37. The topological polar surface area (TPSA) is 147 Å². The van der Waals surface area contributed by atoms with E-state index < -0.39 is 24.3 Å². The number of carbonyl (C=O) groups is 3. The molecule has 2 heterocycles. The number of anilines is 2. The van der Waals surface area contributed by atoms with Gasteiger partial charge in [-0.3, -0.25) is 9.69 Å². The van der Waals surface area contributed by atoms with E-state index >= 15 is 0 Å². The molecule has 3 N–H and O–H groups in total. The maximum absolute atomic E-state index is 13.1. The highest BCUT2D eigenvalue weighted by Gasteiger charge is 2.38. The van der Waals surface area contributed by atoms with Crippen molar-refractivity contribution in [3.8, 4) is 6.07 Å². The summed E-state index contributed by atoms with van der Waals surface area (Å²) in [6.07, 6.45) is -6.48. The SMILES string of the molecule is CN(c1cc(NC(=O)c2ccc(F)cc2)ccn1)C1CCN(Cc2cccc(C#N)c2)CC1.O=C(O)C(F)(F)F.O=C(O)C(F)(F)F. The Kier molecular flexibility index (Phi) is 13.6. The fraction of sp³-hybridized carbons (Fsp3) is 0.300. The number of piperidine rings is 1. The molecule has 0 saturated carbocycles. The number of halogens is 7. The second-order valence-corrected chi connectivity index (χ2v) is 9.90. The highest BCUT2D eigenvalue weighted by Crippen LogP contribution is 2.24. The van der Waals surface area contributed by atoms with Crippen LogP contribution >= 0.6 is 0 Å². The number of nitrogens with zero attached hydrogens (tertiary/aromatic N) is 4. The number of aromatic nitrogens is 1. The number of nitrogens with one attached hydrogen (secondary N) is 1. The van der Waals surface area contributed by atoms with E-state index in [1.807, 2.05) is 31.3 Å². The van der Waals surface area contributed by atoms with Crippen molar-refractivity contribution in [2.24, 2.45) is 0 Å². The molecule has 1 aromatic heterocycles. The Morgan fingerprint density at radius 3 is 2.02 bits per heavy atom. The minimum absolute atomic E-state index is 0.288. The zero-order chi connectivity index (χ0) is 35.4. The van der Waals surface area contributed by atoms with E-state index in [4.69, 9.17) is 25.1 Å². The van der Waals surface area contributed by atoms with Gasteiger partial charge in [-0.05, 0) is 60.9 Å². The van der Waals surface area contributed by atoms with E-state index in [2.05, 4.69) is 32.2 Å². The molecule has 1 amide bonds. The molecule has 0 spiro atoms. The van der Waals surface area contributed by atoms with Crippen molar-refractivity contribution in [2.75, 3.05) is 30.4 Å². The molecule has 10 nitrogen and oxygen atoms in total. The van der Waals surface area contributed by atoms with Gasteiger partial charge in [-0.25, -0.2) is 19.0 Å². The number of likely N-dealkylation sites (tertiary alicyclic amines) is 1. The quantitative estimate of drug-likeness (QED) is 0.281. The fourth-order valence-electron chi connectivity index (χ4n) is 4.14. The number of rotatable bonds is 6. The summed E-state index contributed by atoms with van der Waals surface area (Å²) in [6, 6.07) is 19.4.